The number of hydrogen-bond donors (Lipinski definition) is 0. The topological polar surface area (TPSA) is 54.5 Å². The average molecular weight is 468 g/mol. The Kier molecular flexibility index (Phi) is 8.43. The van der Waals surface area contributed by atoms with Crippen LogP contribution in [0.25, 0.3) is 0 Å². The highest BCUT2D eigenvalue weighted by molar-refractivity contribution is 5.97. The Balaban J connectivity index is 1.40. The van der Waals surface area contributed by atoms with Crippen LogP contribution in [0.4, 0.5) is 0 Å². The van der Waals surface area contributed by atoms with Crippen molar-refractivity contribution in [2.24, 2.45) is 0 Å². The molecule has 0 unspecified atom stereocenters. The van der Waals surface area contributed by atoms with Gasteiger partial charge in [0.15, 0.2) is 0 Å². The van der Waals surface area contributed by atoms with Gasteiger partial charge in [-0.05, 0) is 50.7 Å². The van der Waals surface area contributed by atoms with Crippen LogP contribution in [0.2, 0.25) is 0 Å². The van der Waals surface area contributed by atoms with Gasteiger partial charge in [0.25, 0.3) is 5.91 Å². The highest BCUT2D eigenvalue weighted by Crippen LogP contribution is 2.28. The van der Waals surface area contributed by atoms with Crippen LogP contribution in [0.1, 0.15) is 35.8 Å². The van der Waals surface area contributed by atoms with Gasteiger partial charge in [-0.25, -0.2) is 0 Å². The van der Waals surface area contributed by atoms with Crippen LogP contribution < -0.4 is 9.47 Å². The van der Waals surface area contributed by atoms with Crippen LogP contribution in [-0.2, 0) is 4.74 Å². The van der Waals surface area contributed by atoms with E-state index in [2.05, 4.69) is 29.0 Å². The minimum Gasteiger partial charge on any atom is -0.491 e. The monoisotopic (exact) mass is 467 g/mol. The molecule has 2 aromatic carbocycles. The summed E-state index contributed by atoms with van der Waals surface area (Å²) in [5, 5.41) is 0. The van der Waals surface area contributed by atoms with Gasteiger partial charge in [0.1, 0.15) is 18.1 Å². The van der Waals surface area contributed by atoms with Gasteiger partial charge in [-0.3, -0.25) is 14.6 Å². The molecule has 1 atom stereocenters. The molecule has 2 saturated heterocycles. The van der Waals surface area contributed by atoms with Crippen LogP contribution in [0.15, 0.2) is 48.5 Å². The second kappa shape index (κ2) is 11.7. The summed E-state index contributed by atoms with van der Waals surface area (Å²) in [7, 11) is 2.12. The van der Waals surface area contributed by atoms with Crippen molar-refractivity contribution in [2.75, 3.05) is 66.1 Å². The van der Waals surface area contributed by atoms with Gasteiger partial charge in [-0.1, -0.05) is 24.3 Å². The first-order chi connectivity index (χ1) is 16.5. The summed E-state index contributed by atoms with van der Waals surface area (Å²) >= 11 is 0. The lowest BCUT2D eigenvalue weighted by molar-refractivity contribution is 0.0321. The van der Waals surface area contributed by atoms with E-state index >= 15 is 0 Å². The number of benzene rings is 2. The fraction of sp³-hybridized carbons (Fsp3) is 0.519. The number of rotatable bonds is 8. The lowest BCUT2D eigenvalue weighted by Crippen LogP contribution is -2.49. The van der Waals surface area contributed by atoms with Crippen LogP contribution in [0.3, 0.4) is 0 Å². The van der Waals surface area contributed by atoms with Crippen LogP contribution in [-0.4, -0.2) is 92.8 Å². The molecule has 2 aliphatic rings. The fourth-order valence-electron chi connectivity index (χ4n) is 4.51. The SMILES string of the molecule is CC(C)Oc1ccc([C@@H]2CN(C(=O)c3ccccc3OCCN3CCOCC3)CCN2C)cc1. The second-order valence-electron chi connectivity index (χ2n) is 9.28. The minimum atomic E-state index is 0.0276. The number of nitrogens with zero attached hydrogens (tertiary/aromatic N) is 3. The van der Waals surface area contributed by atoms with E-state index in [1.165, 1.54) is 5.56 Å². The first-order valence-electron chi connectivity index (χ1n) is 12.3. The molecule has 0 N–H and O–H groups in total. The van der Waals surface area contributed by atoms with Crippen molar-refractivity contribution in [1.82, 2.24) is 14.7 Å². The molecule has 2 aliphatic heterocycles. The van der Waals surface area contributed by atoms with E-state index in [1.54, 1.807) is 0 Å². The Morgan fingerprint density at radius 2 is 1.76 bits per heavy atom. The molecular weight excluding hydrogens is 430 g/mol. The van der Waals surface area contributed by atoms with Gasteiger partial charge < -0.3 is 19.1 Å². The maximum absolute atomic E-state index is 13.5. The van der Waals surface area contributed by atoms with Crippen molar-refractivity contribution in [2.45, 2.75) is 26.0 Å². The number of morpholine rings is 1. The molecule has 0 spiro atoms. The first-order valence-corrected chi connectivity index (χ1v) is 12.3. The highest BCUT2D eigenvalue weighted by atomic mass is 16.5. The third-order valence-electron chi connectivity index (χ3n) is 6.46. The molecule has 0 aliphatic carbocycles. The van der Waals surface area contributed by atoms with E-state index in [0.29, 0.717) is 31.0 Å². The molecule has 34 heavy (non-hydrogen) atoms. The fourth-order valence-corrected chi connectivity index (χ4v) is 4.51. The predicted molar refractivity (Wildman–Crippen MR) is 133 cm³/mol. The normalized spacial score (nSPS) is 19.9. The molecule has 0 bridgehead atoms. The van der Waals surface area contributed by atoms with Gasteiger partial charge in [0.05, 0.1) is 30.9 Å². The number of likely N-dealkylation sites (N-methyl/N-ethyl adjacent to an activating group) is 1. The van der Waals surface area contributed by atoms with E-state index in [4.69, 9.17) is 14.2 Å². The summed E-state index contributed by atoms with van der Waals surface area (Å²) in [5.74, 6) is 1.56. The van der Waals surface area contributed by atoms with Gasteiger partial charge in [-0.2, -0.15) is 0 Å². The largest absolute Gasteiger partial charge is 0.491 e. The third kappa shape index (κ3) is 6.29. The van der Waals surface area contributed by atoms with Crippen molar-refractivity contribution < 1.29 is 19.0 Å². The van der Waals surface area contributed by atoms with Crippen LogP contribution in [0, 0.1) is 0 Å². The van der Waals surface area contributed by atoms with Crippen LogP contribution >= 0.6 is 0 Å². The molecule has 0 aromatic heterocycles. The molecule has 2 heterocycles. The number of hydrogen-bond acceptors (Lipinski definition) is 6. The first kappa shape index (κ1) is 24.5. The maximum Gasteiger partial charge on any atom is 0.257 e. The van der Waals surface area contributed by atoms with E-state index in [9.17, 15) is 4.79 Å². The lowest BCUT2D eigenvalue weighted by Gasteiger charge is -2.40. The Labute approximate surface area is 203 Å². The van der Waals surface area contributed by atoms with Crippen molar-refractivity contribution in [3.05, 3.63) is 59.7 Å². The van der Waals surface area contributed by atoms with E-state index in [-0.39, 0.29) is 18.1 Å². The number of para-hydroxylation sites is 1. The zero-order valence-electron chi connectivity index (χ0n) is 20.6. The second-order valence-corrected chi connectivity index (χ2v) is 9.28. The summed E-state index contributed by atoms with van der Waals surface area (Å²) in [6.07, 6.45) is 0.146. The Hall–Kier alpha value is -2.61. The van der Waals surface area contributed by atoms with Crippen molar-refractivity contribution in [1.29, 1.82) is 0 Å². The summed E-state index contributed by atoms with van der Waals surface area (Å²) < 4.78 is 17.3. The average Bonchev–Trinajstić information content (AvgIpc) is 2.85. The number of carbonyl (C=O) groups excluding carboxylic acids is 1. The van der Waals surface area contributed by atoms with E-state index < -0.39 is 0 Å². The van der Waals surface area contributed by atoms with Crippen molar-refractivity contribution in [3.8, 4) is 11.5 Å². The summed E-state index contributed by atoms with van der Waals surface area (Å²) in [5.41, 5.74) is 1.82. The molecule has 0 radical (unpaired) electrons. The third-order valence-corrected chi connectivity index (χ3v) is 6.46. The summed E-state index contributed by atoms with van der Waals surface area (Å²) in [6.45, 7) is 11.0. The molecule has 2 aromatic rings. The van der Waals surface area contributed by atoms with Crippen molar-refractivity contribution in [3.63, 3.8) is 0 Å². The van der Waals surface area contributed by atoms with Crippen molar-refractivity contribution >= 4 is 5.91 Å². The molecule has 2 fully saturated rings. The molecule has 4 rings (SSSR count). The van der Waals surface area contributed by atoms with Gasteiger partial charge in [-0.15, -0.1) is 0 Å². The molecule has 0 saturated carbocycles. The zero-order chi connectivity index (χ0) is 23.9. The Bertz CT molecular complexity index is 928. The minimum absolute atomic E-state index is 0.0276. The highest BCUT2D eigenvalue weighted by Gasteiger charge is 2.30. The van der Waals surface area contributed by atoms with Gasteiger partial charge in [0, 0.05) is 39.3 Å². The smallest absolute Gasteiger partial charge is 0.257 e. The van der Waals surface area contributed by atoms with Gasteiger partial charge >= 0.3 is 0 Å². The predicted octanol–water partition coefficient (Wildman–Crippen LogP) is 3.31. The molecule has 7 nitrogen and oxygen atoms in total. The number of amides is 1. The Morgan fingerprint density at radius 1 is 1.03 bits per heavy atom. The lowest BCUT2D eigenvalue weighted by atomic mass is 10.0. The van der Waals surface area contributed by atoms with Gasteiger partial charge in [0.2, 0.25) is 0 Å². The van der Waals surface area contributed by atoms with E-state index in [1.807, 2.05) is 55.1 Å². The molecule has 1 amide bonds. The molecular formula is C27H37N3O4. The zero-order valence-corrected chi connectivity index (χ0v) is 20.6. The summed E-state index contributed by atoms with van der Waals surface area (Å²) in [4.78, 5) is 20.1. The molecule has 7 heteroatoms. The number of carbonyl (C=O) groups is 1. The molecule has 184 valence electrons. The quantitative estimate of drug-likeness (QED) is 0.594. The summed E-state index contributed by atoms with van der Waals surface area (Å²) in [6, 6.07) is 16.0. The number of ether oxygens (including phenoxy) is 3. The Morgan fingerprint density at radius 3 is 2.50 bits per heavy atom. The van der Waals surface area contributed by atoms with E-state index in [0.717, 1.165) is 45.1 Å². The maximum atomic E-state index is 13.5. The standard InChI is InChI=1S/C27H37N3O4/c1-21(2)34-23-10-8-22(9-11-23)25-20-30(13-12-28(25)3)27(31)24-6-4-5-7-26(24)33-19-16-29-14-17-32-18-15-29/h4-11,21,25H,12-20H2,1-3H3/t25-/m0/s1. The van der Waals surface area contributed by atoms with Crippen LogP contribution in [0.5, 0.6) is 11.5 Å². The number of piperazine rings is 1.